The van der Waals surface area contributed by atoms with Gasteiger partial charge in [0.2, 0.25) is 5.82 Å². The van der Waals surface area contributed by atoms with Crippen LogP contribution in [0, 0.1) is 10.1 Å². The van der Waals surface area contributed by atoms with Crippen molar-refractivity contribution in [2.45, 2.75) is 19.8 Å². The van der Waals surface area contributed by atoms with Crippen molar-refractivity contribution in [3.8, 4) is 0 Å². The van der Waals surface area contributed by atoms with E-state index in [1.165, 1.54) is 23.6 Å². The van der Waals surface area contributed by atoms with E-state index in [2.05, 4.69) is 31.2 Å². The van der Waals surface area contributed by atoms with E-state index in [0.717, 1.165) is 5.69 Å². The smallest absolute Gasteiger partial charge is 0.310 e. The highest BCUT2D eigenvalue weighted by Crippen LogP contribution is 2.30. The molecule has 8 heteroatoms. The molecule has 2 aromatic heterocycles. The van der Waals surface area contributed by atoms with Gasteiger partial charge in [-0.3, -0.25) is 10.1 Å². The van der Waals surface area contributed by atoms with Gasteiger partial charge in [-0.15, -0.1) is 11.3 Å². The van der Waals surface area contributed by atoms with Gasteiger partial charge in [-0.1, -0.05) is 13.8 Å². The van der Waals surface area contributed by atoms with Gasteiger partial charge in [-0.05, 0) is 21.8 Å². The van der Waals surface area contributed by atoms with Gasteiger partial charge in [0, 0.05) is 22.1 Å². The summed E-state index contributed by atoms with van der Waals surface area (Å²) in [6, 6.07) is 1.41. The van der Waals surface area contributed by atoms with E-state index in [1.807, 2.05) is 19.2 Å². The molecular weight excluding hydrogens is 332 g/mol. The number of aromatic nitrogens is 2. The van der Waals surface area contributed by atoms with Crippen LogP contribution in [-0.2, 0) is 0 Å². The number of halogens is 1. The van der Waals surface area contributed by atoms with E-state index in [9.17, 15) is 10.1 Å². The number of anilines is 2. The molecule has 2 heterocycles. The zero-order valence-electron chi connectivity index (χ0n) is 10.3. The molecular formula is C11H11BrN4O2S. The molecule has 0 fully saturated rings. The summed E-state index contributed by atoms with van der Waals surface area (Å²) >= 11 is 4.57. The van der Waals surface area contributed by atoms with Crippen LogP contribution in [0.25, 0.3) is 0 Å². The molecule has 0 bridgehead atoms. The third kappa shape index (κ3) is 3.27. The minimum absolute atomic E-state index is 0.0873. The number of hydrogen-bond donors (Lipinski definition) is 1. The standard InChI is InChI=1S/C11H11BrN4O2S/c1-6(2)8-5-19-11(14-8)15-10-9(16(17)18)3-7(12)4-13-10/h3-6H,1-2H3,(H,13,14,15). The lowest BCUT2D eigenvalue weighted by Gasteiger charge is -2.03. The maximum atomic E-state index is 11.0. The first-order chi connectivity index (χ1) is 8.97. The van der Waals surface area contributed by atoms with Crippen molar-refractivity contribution >= 4 is 43.9 Å². The van der Waals surface area contributed by atoms with Crippen molar-refractivity contribution in [3.05, 3.63) is 37.9 Å². The van der Waals surface area contributed by atoms with Crippen LogP contribution >= 0.6 is 27.3 Å². The molecule has 0 aliphatic carbocycles. The molecule has 6 nitrogen and oxygen atoms in total. The number of nitro groups is 1. The maximum absolute atomic E-state index is 11.0. The molecule has 0 unspecified atom stereocenters. The summed E-state index contributed by atoms with van der Waals surface area (Å²) in [7, 11) is 0. The molecule has 1 N–H and O–H groups in total. The van der Waals surface area contributed by atoms with E-state index in [0.29, 0.717) is 15.5 Å². The Kier molecular flexibility index (Phi) is 4.11. The SMILES string of the molecule is CC(C)c1csc(Nc2ncc(Br)cc2[N+](=O)[O-])n1. The molecule has 0 saturated carbocycles. The average Bonchev–Trinajstić information content (AvgIpc) is 2.80. The van der Waals surface area contributed by atoms with E-state index in [-0.39, 0.29) is 11.5 Å². The van der Waals surface area contributed by atoms with E-state index in [1.54, 1.807) is 0 Å². The van der Waals surface area contributed by atoms with Gasteiger partial charge in [-0.25, -0.2) is 9.97 Å². The molecule has 0 spiro atoms. The van der Waals surface area contributed by atoms with Crippen LogP contribution in [0.2, 0.25) is 0 Å². The Morgan fingerprint density at radius 2 is 2.26 bits per heavy atom. The molecule has 0 aliphatic heterocycles. The van der Waals surface area contributed by atoms with Crippen molar-refractivity contribution in [1.82, 2.24) is 9.97 Å². The van der Waals surface area contributed by atoms with Crippen molar-refractivity contribution in [1.29, 1.82) is 0 Å². The highest BCUT2D eigenvalue weighted by molar-refractivity contribution is 9.10. The first-order valence-electron chi connectivity index (χ1n) is 5.49. The summed E-state index contributed by atoms with van der Waals surface area (Å²) < 4.78 is 0.562. The van der Waals surface area contributed by atoms with E-state index < -0.39 is 4.92 Å². The van der Waals surface area contributed by atoms with Crippen LogP contribution in [-0.4, -0.2) is 14.9 Å². The van der Waals surface area contributed by atoms with Gasteiger partial charge in [0.25, 0.3) is 0 Å². The van der Waals surface area contributed by atoms with Crippen LogP contribution in [0.5, 0.6) is 0 Å². The Labute approximate surface area is 122 Å². The Morgan fingerprint density at radius 1 is 1.53 bits per heavy atom. The van der Waals surface area contributed by atoms with Crippen molar-refractivity contribution in [3.63, 3.8) is 0 Å². The third-order valence-electron chi connectivity index (χ3n) is 2.37. The molecule has 0 radical (unpaired) electrons. The minimum atomic E-state index is -0.475. The van der Waals surface area contributed by atoms with Crippen LogP contribution in [0.4, 0.5) is 16.6 Å². The summed E-state index contributed by atoms with van der Waals surface area (Å²) in [6.45, 7) is 4.08. The Hall–Kier alpha value is -1.54. The summed E-state index contributed by atoms with van der Waals surface area (Å²) in [4.78, 5) is 18.9. The lowest BCUT2D eigenvalue weighted by atomic mass is 10.2. The predicted octanol–water partition coefficient (Wildman–Crippen LogP) is 4.08. The van der Waals surface area contributed by atoms with Gasteiger partial charge in [-0.2, -0.15) is 0 Å². The summed E-state index contributed by atoms with van der Waals surface area (Å²) in [6.07, 6.45) is 1.51. The Balaban J connectivity index is 2.29. The second-order valence-electron chi connectivity index (χ2n) is 4.14. The molecule has 0 saturated heterocycles. The van der Waals surface area contributed by atoms with E-state index in [4.69, 9.17) is 0 Å². The highest BCUT2D eigenvalue weighted by Gasteiger charge is 2.17. The Bertz CT molecular complexity index is 614. The molecule has 100 valence electrons. The molecule has 2 aromatic rings. The number of thiazole rings is 1. The zero-order valence-corrected chi connectivity index (χ0v) is 12.7. The first-order valence-corrected chi connectivity index (χ1v) is 7.17. The zero-order chi connectivity index (χ0) is 14.0. The lowest BCUT2D eigenvalue weighted by molar-refractivity contribution is -0.384. The molecule has 19 heavy (non-hydrogen) atoms. The fourth-order valence-electron chi connectivity index (χ4n) is 1.37. The van der Waals surface area contributed by atoms with Gasteiger partial charge in [0.1, 0.15) is 0 Å². The van der Waals surface area contributed by atoms with Crippen molar-refractivity contribution < 1.29 is 4.92 Å². The predicted molar refractivity (Wildman–Crippen MR) is 78.1 cm³/mol. The third-order valence-corrected chi connectivity index (χ3v) is 3.58. The normalized spacial score (nSPS) is 10.7. The number of nitrogens with one attached hydrogen (secondary N) is 1. The summed E-state index contributed by atoms with van der Waals surface area (Å²) in [5.74, 6) is 0.512. The topological polar surface area (TPSA) is 81.0 Å². The molecule has 0 aromatic carbocycles. The lowest BCUT2D eigenvalue weighted by Crippen LogP contribution is -1.99. The van der Waals surface area contributed by atoms with Gasteiger partial charge in [0.15, 0.2) is 5.13 Å². The largest absolute Gasteiger partial charge is 0.312 e. The van der Waals surface area contributed by atoms with Crippen molar-refractivity contribution in [2.75, 3.05) is 5.32 Å². The first kappa shape index (κ1) is 13.9. The van der Waals surface area contributed by atoms with Crippen molar-refractivity contribution in [2.24, 2.45) is 0 Å². The number of pyridine rings is 1. The highest BCUT2D eigenvalue weighted by atomic mass is 79.9. The van der Waals surface area contributed by atoms with Gasteiger partial charge in [0.05, 0.1) is 10.6 Å². The molecule has 0 amide bonds. The van der Waals surface area contributed by atoms with Crippen LogP contribution in [0.15, 0.2) is 22.1 Å². The fourth-order valence-corrected chi connectivity index (χ4v) is 2.56. The molecule has 0 atom stereocenters. The quantitative estimate of drug-likeness (QED) is 0.668. The number of nitrogens with zero attached hydrogens (tertiary/aromatic N) is 3. The number of hydrogen-bond acceptors (Lipinski definition) is 6. The minimum Gasteiger partial charge on any atom is -0.310 e. The summed E-state index contributed by atoms with van der Waals surface area (Å²) in [5.41, 5.74) is 0.864. The molecule has 0 aliphatic rings. The fraction of sp³-hybridized carbons (Fsp3) is 0.273. The maximum Gasteiger partial charge on any atom is 0.312 e. The second kappa shape index (κ2) is 5.62. The van der Waals surface area contributed by atoms with Crippen LogP contribution in [0.3, 0.4) is 0 Å². The summed E-state index contributed by atoms with van der Waals surface area (Å²) in [5, 5.41) is 16.4. The Morgan fingerprint density at radius 3 is 2.84 bits per heavy atom. The van der Waals surface area contributed by atoms with Crippen LogP contribution < -0.4 is 5.32 Å². The molecule has 2 rings (SSSR count). The monoisotopic (exact) mass is 342 g/mol. The van der Waals surface area contributed by atoms with Gasteiger partial charge < -0.3 is 5.32 Å². The van der Waals surface area contributed by atoms with Crippen LogP contribution in [0.1, 0.15) is 25.5 Å². The van der Waals surface area contributed by atoms with E-state index >= 15 is 0 Å². The average molecular weight is 343 g/mol. The number of rotatable bonds is 4. The van der Waals surface area contributed by atoms with Gasteiger partial charge >= 0.3 is 5.69 Å². The second-order valence-corrected chi connectivity index (χ2v) is 5.91.